The van der Waals surface area contributed by atoms with Crippen LogP contribution in [0.5, 0.6) is 0 Å². The van der Waals surface area contributed by atoms with Crippen LogP contribution in [0.4, 0.5) is 0 Å². The minimum Gasteiger partial charge on any atom is -0.338 e. The Hall–Kier alpha value is -0.590. The highest BCUT2D eigenvalue weighted by atomic mass is 32.2. The summed E-state index contributed by atoms with van der Waals surface area (Å²) in [5.74, 6) is 2.92. The van der Waals surface area contributed by atoms with E-state index in [4.69, 9.17) is 9.51 Å². The van der Waals surface area contributed by atoms with Gasteiger partial charge in [0.25, 0.3) is 0 Å². The second-order valence-corrected chi connectivity index (χ2v) is 7.83. The van der Waals surface area contributed by atoms with E-state index in [2.05, 4.69) is 29.2 Å². The smallest absolute Gasteiger partial charge is 0.242 e. The Morgan fingerprint density at radius 3 is 2.90 bits per heavy atom. The van der Waals surface area contributed by atoms with Crippen LogP contribution in [-0.2, 0) is 4.75 Å². The fraction of sp³-hybridized carbons (Fsp3) is 0.867. The Bertz CT molecular complexity index is 452. The zero-order chi connectivity index (χ0) is 14.7. The molecular weight excluding hydrogens is 284 g/mol. The van der Waals surface area contributed by atoms with Crippen LogP contribution in [0.15, 0.2) is 4.52 Å². The van der Waals surface area contributed by atoms with Gasteiger partial charge in [-0.2, -0.15) is 4.98 Å². The molecule has 2 atom stereocenters. The van der Waals surface area contributed by atoms with Gasteiger partial charge in [0.2, 0.25) is 5.89 Å². The molecule has 0 spiro atoms. The molecule has 0 aromatic carbocycles. The van der Waals surface area contributed by atoms with Gasteiger partial charge in [-0.3, -0.25) is 4.90 Å². The lowest BCUT2D eigenvalue weighted by atomic mass is 10.1. The van der Waals surface area contributed by atoms with E-state index in [-0.39, 0.29) is 4.75 Å². The first kappa shape index (κ1) is 15.3. The van der Waals surface area contributed by atoms with E-state index < -0.39 is 0 Å². The van der Waals surface area contributed by atoms with E-state index in [1.165, 1.54) is 12.2 Å². The number of piperazine rings is 1. The summed E-state index contributed by atoms with van der Waals surface area (Å²) in [5, 5.41) is 7.75. The van der Waals surface area contributed by atoms with Gasteiger partial charge in [-0.15, -0.1) is 11.8 Å². The van der Waals surface area contributed by atoms with Gasteiger partial charge in [0.15, 0.2) is 5.82 Å². The molecular formula is C15H26N4OS. The highest BCUT2D eigenvalue weighted by Crippen LogP contribution is 2.45. The van der Waals surface area contributed by atoms with Crippen LogP contribution in [-0.4, -0.2) is 47.0 Å². The number of nitrogens with zero attached hydrogens (tertiary/aromatic N) is 3. The number of nitrogens with one attached hydrogen (secondary N) is 1. The third-order valence-corrected chi connectivity index (χ3v) is 6.07. The average Bonchev–Trinajstić information content (AvgIpc) is 3.16. The summed E-state index contributed by atoms with van der Waals surface area (Å²) in [6, 6.07) is 0.310. The van der Waals surface area contributed by atoms with Gasteiger partial charge in [0.05, 0.1) is 10.8 Å². The zero-order valence-electron chi connectivity index (χ0n) is 13.1. The SMILES string of the molecule is CCCC(c1noc(C2(C)CCCS2)n1)N1CCNCC1. The third-order valence-electron chi connectivity index (χ3n) is 4.57. The van der Waals surface area contributed by atoms with Crippen LogP contribution in [0, 0.1) is 0 Å². The zero-order valence-corrected chi connectivity index (χ0v) is 13.9. The van der Waals surface area contributed by atoms with Crippen LogP contribution >= 0.6 is 11.8 Å². The molecule has 3 heterocycles. The maximum absolute atomic E-state index is 5.65. The summed E-state index contributed by atoms with van der Waals surface area (Å²) in [5.41, 5.74) is 0. The Kier molecular flexibility index (Phi) is 4.86. The van der Waals surface area contributed by atoms with Crippen LogP contribution in [0.1, 0.15) is 57.3 Å². The molecule has 21 heavy (non-hydrogen) atoms. The molecule has 0 aliphatic carbocycles. The Balaban J connectivity index is 1.77. The maximum atomic E-state index is 5.65. The number of hydrogen-bond acceptors (Lipinski definition) is 6. The molecule has 2 fully saturated rings. The van der Waals surface area contributed by atoms with Crippen LogP contribution in [0.2, 0.25) is 0 Å². The average molecular weight is 310 g/mol. The molecule has 1 N–H and O–H groups in total. The molecule has 6 heteroatoms. The molecule has 0 radical (unpaired) electrons. The topological polar surface area (TPSA) is 54.2 Å². The molecule has 0 amide bonds. The molecule has 0 bridgehead atoms. The van der Waals surface area contributed by atoms with Crippen molar-refractivity contribution in [1.82, 2.24) is 20.4 Å². The molecule has 2 aliphatic rings. The van der Waals surface area contributed by atoms with Crippen molar-refractivity contribution in [2.75, 3.05) is 31.9 Å². The molecule has 5 nitrogen and oxygen atoms in total. The van der Waals surface area contributed by atoms with Crippen molar-refractivity contribution in [1.29, 1.82) is 0 Å². The second-order valence-electron chi connectivity index (χ2n) is 6.23. The molecule has 2 unspecified atom stereocenters. The maximum Gasteiger partial charge on any atom is 0.242 e. The summed E-state index contributed by atoms with van der Waals surface area (Å²) in [6.07, 6.45) is 4.63. The lowest BCUT2D eigenvalue weighted by Crippen LogP contribution is -2.45. The van der Waals surface area contributed by atoms with Gasteiger partial charge in [0, 0.05) is 26.2 Å². The summed E-state index contributed by atoms with van der Waals surface area (Å²) in [6.45, 7) is 8.71. The molecule has 0 saturated carbocycles. The summed E-state index contributed by atoms with van der Waals surface area (Å²) >= 11 is 1.95. The highest BCUT2D eigenvalue weighted by Gasteiger charge is 2.38. The lowest BCUT2D eigenvalue weighted by Gasteiger charge is -2.33. The first-order valence-corrected chi connectivity index (χ1v) is 9.14. The molecule has 3 rings (SSSR count). The Labute approximate surface area is 131 Å². The molecule has 1 aromatic heterocycles. The van der Waals surface area contributed by atoms with Crippen molar-refractivity contribution < 1.29 is 4.52 Å². The van der Waals surface area contributed by atoms with Crippen LogP contribution in [0.25, 0.3) is 0 Å². The summed E-state index contributed by atoms with van der Waals surface area (Å²) in [7, 11) is 0. The quantitative estimate of drug-likeness (QED) is 0.902. The fourth-order valence-electron chi connectivity index (χ4n) is 3.28. The standard InChI is InChI=1S/C15H26N4OS/c1-3-5-12(19-9-7-16-8-10-19)13-17-14(20-18-13)15(2)6-4-11-21-15/h12,16H,3-11H2,1-2H3. The van der Waals surface area contributed by atoms with Crippen molar-refractivity contribution in [2.45, 2.75) is 50.3 Å². The van der Waals surface area contributed by atoms with Gasteiger partial charge in [-0.1, -0.05) is 18.5 Å². The lowest BCUT2D eigenvalue weighted by molar-refractivity contribution is 0.155. The van der Waals surface area contributed by atoms with Crippen molar-refractivity contribution in [3.8, 4) is 0 Å². The van der Waals surface area contributed by atoms with Crippen molar-refractivity contribution in [3.05, 3.63) is 11.7 Å². The highest BCUT2D eigenvalue weighted by molar-refractivity contribution is 8.00. The monoisotopic (exact) mass is 310 g/mol. The van der Waals surface area contributed by atoms with Gasteiger partial charge < -0.3 is 9.84 Å². The van der Waals surface area contributed by atoms with Gasteiger partial charge in [-0.25, -0.2) is 0 Å². The second kappa shape index (κ2) is 6.67. The first-order valence-electron chi connectivity index (χ1n) is 8.16. The fourth-order valence-corrected chi connectivity index (χ4v) is 4.51. The predicted octanol–water partition coefficient (Wildman–Crippen LogP) is 2.56. The van der Waals surface area contributed by atoms with Gasteiger partial charge in [-0.05, 0) is 31.9 Å². The van der Waals surface area contributed by atoms with Crippen molar-refractivity contribution in [2.24, 2.45) is 0 Å². The summed E-state index contributed by atoms with van der Waals surface area (Å²) in [4.78, 5) is 7.30. The van der Waals surface area contributed by atoms with Crippen molar-refractivity contribution in [3.63, 3.8) is 0 Å². The Morgan fingerprint density at radius 2 is 2.24 bits per heavy atom. The number of hydrogen-bond donors (Lipinski definition) is 1. The van der Waals surface area contributed by atoms with E-state index in [9.17, 15) is 0 Å². The number of rotatable bonds is 5. The van der Waals surface area contributed by atoms with Gasteiger partial charge >= 0.3 is 0 Å². The number of aromatic nitrogens is 2. The van der Waals surface area contributed by atoms with Crippen molar-refractivity contribution >= 4 is 11.8 Å². The Morgan fingerprint density at radius 1 is 1.43 bits per heavy atom. The van der Waals surface area contributed by atoms with E-state index in [0.717, 1.165) is 57.2 Å². The minimum atomic E-state index is 0.0332. The third kappa shape index (κ3) is 3.27. The summed E-state index contributed by atoms with van der Waals surface area (Å²) < 4.78 is 5.68. The predicted molar refractivity (Wildman–Crippen MR) is 85.4 cm³/mol. The van der Waals surface area contributed by atoms with E-state index in [1.807, 2.05) is 11.8 Å². The molecule has 118 valence electrons. The van der Waals surface area contributed by atoms with Crippen LogP contribution in [0.3, 0.4) is 0 Å². The van der Waals surface area contributed by atoms with E-state index in [0.29, 0.717) is 6.04 Å². The van der Waals surface area contributed by atoms with E-state index >= 15 is 0 Å². The largest absolute Gasteiger partial charge is 0.338 e. The molecule has 2 saturated heterocycles. The van der Waals surface area contributed by atoms with Crippen LogP contribution < -0.4 is 5.32 Å². The molecule has 1 aromatic rings. The molecule has 2 aliphatic heterocycles. The number of thioether (sulfide) groups is 1. The first-order chi connectivity index (χ1) is 10.2. The van der Waals surface area contributed by atoms with E-state index in [1.54, 1.807) is 0 Å². The normalized spacial score (nSPS) is 28.9. The van der Waals surface area contributed by atoms with Gasteiger partial charge in [0.1, 0.15) is 0 Å². The minimum absolute atomic E-state index is 0.0332.